The molecular formula is C29H50O4. The minimum absolute atomic E-state index is 0.275. The van der Waals surface area contributed by atoms with Gasteiger partial charge >= 0.3 is 5.97 Å². The largest absolute Gasteiger partial charge is 0.462 e. The van der Waals surface area contributed by atoms with Gasteiger partial charge in [-0.05, 0) is 85.9 Å². The number of rotatable bonds is 6. The van der Waals surface area contributed by atoms with E-state index in [-0.39, 0.29) is 17.5 Å². The molecule has 4 aliphatic rings. The third-order valence-corrected chi connectivity index (χ3v) is 11.3. The third-order valence-electron chi connectivity index (χ3n) is 11.3. The van der Waals surface area contributed by atoms with E-state index in [9.17, 15) is 15.0 Å². The van der Waals surface area contributed by atoms with Crippen molar-refractivity contribution in [2.75, 3.05) is 0 Å². The Bertz CT molecular complexity index is 720. The van der Waals surface area contributed by atoms with Gasteiger partial charge in [0.1, 0.15) is 6.10 Å². The minimum Gasteiger partial charge on any atom is -0.462 e. The van der Waals surface area contributed by atoms with Crippen LogP contribution in [-0.2, 0) is 9.53 Å². The van der Waals surface area contributed by atoms with E-state index in [1.165, 1.54) is 45.4 Å². The fourth-order valence-electron chi connectivity index (χ4n) is 9.60. The number of fused-ring (bicyclic) bond motifs is 5. The summed E-state index contributed by atoms with van der Waals surface area (Å²) >= 11 is 0. The normalized spacial score (nSPS) is 48.0. The number of hydrogen-bond donors (Lipinski definition) is 2. The first-order chi connectivity index (χ1) is 15.4. The lowest BCUT2D eigenvalue weighted by atomic mass is 9.42. The van der Waals surface area contributed by atoms with Crippen molar-refractivity contribution in [1.82, 2.24) is 0 Å². The highest BCUT2D eigenvalue weighted by Gasteiger charge is 2.67. The fraction of sp³-hybridized carbons (Fsp3) is 0.966. The molecule has 33 heavy (non-hydrogen) atoms. The van der Waals surface area contributed by atoms with Gasteiger partial charge in [-0.2, -0.15) is 0 Å². The monoisotopic (exact) mass is 462 g/mol. The van der Waals surface area contributed by atoms with Gasteiger partial charge in [0.2, 0.25) is 0 Å². The quantitative estimate of drug-likeness (QED) is 0.466. The van der Waals surface area contributed by atoms with Crippen molar-refractivity contribution < 1.29 is 19.7 Å². The molecule has 0 bridgehead atoms. The SMILES string of the molecule is CC(=O)OC1CCC2(C)C3CCC4(C)C(C(C)CCCC(C)C)CCC4C3CC(O)C2(O)C1. The van der Waals surface area contributed by atoms with Gasteiger partial charge in [0.25, 0.3) is 0 Å². The zero-order chi connectivity index (χ0) is 24.2. The highest BCUT2D eigenvalue weighted by molar-refractivity contribution is 5.66. The van der Waals surface area contributed by atoms with Gasteiger partial charge in [-0.15, -0.1) is 0 Å². The first-order valence-electron chi connectivity index (χ1n) is 14.0. The van der Waals surface area contributed by atoms with Crippen LogP contribution < -0.4 is 0 Å². The molecule has 10 atom stereocenters. The van der Waals surface area contributed by atoms with E-state index < -0.39 is 11.7 Å². The zero-order valence-electron chi connectivity index (χ0n) is 22.1. The van der Waals surface area contributed by atoms with Crippen LogP contribution in [0, 0.1) is 46.3 Å². The molecule has 10 unspecified atom stereocenters. The Morgan fingerprint density at radius 1 is 1.03 bits per heavy atom. The van der Waals surface area contributed by atoms with E-state index in [2.05, 4.69) is 34.6 Å². The second kappa shape index (κ2) is 9.12. The smallest absolute Gasteiger partial charge is 0.302 e. The first kappa shape index (κ1) is 25.5. The molecular weight excluding hydrogens is 412 g/mol. The zero-order valence-corrected chi connectivity index (χ0v) is 22.1. The Kier molecular flexibility index (Phi) is 7.04. The van der Waals surface area contributed by atoms with Crippen LogP contribution in [0.25, 0.3) is 0 Å². The topological polar surface area (TPSA) is 66.8 Å². The number of carbonyl (C=O) groups is 1. The van der Waals surface area contributed by atoms with Gasteiger partial charge in [-0.25, -0.2) is 0 Å². The van der Waals surface area contributed by atoms with Crippen molar-refractivity contribution in [3.8, 4) is 0 Å². The molecule has 4 fully saturated rings. The highest BCUT2D eigenvalue weighted by Crippen LogP contribution is 2.69. The van der Waals surface area contributed by atoms with Crippen molar-refractivity contribution in [2.24, 2.45) is 46.3 Å². The molecule has 0 aromatic carbocycles. The molecule has 4 rings (SSSR count). The van der Waals surface area contributed by atoms with Crippen molar-refractivity contribution in [3.05, 3.63) is 0 Å². The van der Waals surface area contributed by atoms with Gasteiger partial charge in [-0.3, -0.25) is 4.79 Å². The van der Waals surface area contributed by atoms with Crippen LogP contribution in [-0.4, -0.2) is 34.0 Å². The summed E-state index contributed by atoms with van der Waals surface area (Å²) in [5.41, 5.74) is -1.07. The Balaban J connectivity index is 1.51. The van der Waals surface area contributed by atoms with Crippen molar-refractivity contribution in [1.29, 1.82) is 0 Å². The Labute approximate surface area is 202 Å². The summed E-state index contributed by atoms with van der Waals surface area (Å²) in [7, 11) is 0. The van der Waals surface area contributed by atoms with Crippen molar-refractivity contribution in [3.63, 3.8) is 0 Å². The van der Waals surface area contributed by atoms with Crippen LogP contribution in [0.2, 0.25) is 0 Å². The lowest BCUT2D eigenvalue weighted by molar-refractivity contribution is -0.266. The summed E-state index contributed by atoms with van der Waals surface area (Å²) in [6.07, 6.45) is 10.8. The molecule has 2 N–H and O–H groups in total. The summed E-state index contributed by atoms with van der Waals surface area (Å²) < 4.78 is 5.50. The van der Waals surface area contributed by atoms with E-state index in [0.717, 1.165) is 37.0 Å². The van der Waals surface area contributed by atoms with Crippen LogP contribution >= 0.6 is 0 Å². The second-order valence-corrected chi connectivity index (χ2v) is 13.5. The summed E-state index contributed by atoms with van der Waals surface area (Å²) in [6.45, 7) is 13.4. The van der Waals surface area contributed by atoms with E-state index in [4.69, 9.17) is 4.74 Å². The predicted octanol–water partition coefficient (Wildman–Crippen LogP) is 6.13. The Morgan fingerprint density at radius 2 is 1.76 bits per heavy atom. The Hall–Kier alpha value is -0.610. The van der Waals surface area contributed by atoms with Gasteiger partial charge in [0, 0.05) is 18.8 Å². The number of aliphatic hydroxyl groups is 2. The molecule has 0 aliphatic heterocycles. The number of aliphatic hydroxyl groups excluding tert-OH is 1. The van der Waals surface area contributed by atoms with Crippen molar-refractivity contribution in [2.45, 2.75) is 130 Å². The second-order valence-electron chi connectivity index (χ2n) is 13.5. The molecule has 4 saturated carbocycles. The standard InChI is InChI=1S/C29H50O4/c1-18(2)8-7-9-19(3)23-10-11-24-22-16-26(31)29(32)17-21(33-20(4)30)12-15-28(29,6)25(22)13-14-27(23,24)5/h18-19,21-26,31-32H,7-17H2,1-6H3. The molecule has 0 amide bonds. The first-order valence-corrected chi connectivity index (χ1v) is 14.0. The van der Waals surface area contributed by atoms with Crippen LogP contribution in [0.1, 0.15) is 112 Å². The predicted molar refractivity (Wildman–Crippen MR) is 131 cm³/mol. The molecule has 0 aromatic heterocycles. The summed E-state index contributed by atoms with van der Waals surface area (Å²) in [6, 6.07) is 0. The minimum atomic E-state index is -1.15. The van der Waals surface area contributed by atoms with Crippen LogP contribution in [0.15, 0.2) is 0 Å². The molecule has 0 saturated heterocycles. The van der Waals surface area contributed by atoms with E-state index in [0.29, 0.717) is 36.0 Å². The van der Waals surface area contributed by atoms with E-state index in [1.807, 2.05) is 0 Å². The summed E-state index contributed by atoms with van der Waals surface area (Å²) in [5, 5.41) is 23.3. The van der Waals surface area contributed by atoms with Gasteiger partial charge in [-0.1, -0.05) is 53.9 Å². The molecule has 190 valence electrons. The molecule has 4 nitrogen and oxygen atoms in total. The molecule has 4 aliphatic carbocycles. The number of esters is 1. The van der Waals surface area contributed by atoms with Gasteiger partial charge in [0.05, 0.1) is 11.7 Å². The molecule has 0 aromatic rings. The molecule has 0 spiro atoms. The molecule has 4 heteroatoms. The van der Waals surface area contributed by atoms with E-state index >= 15 is 0 Å². The summed E-state index contributed by atoms with van der Waals surface area (Å²) in [5.74, 6) is 3.69. The fourth-order valence-corrected chi connectivity index (χ4v) is 9.60. The van der Waals surface area contributed by atoms with E-state index in [1.54, 1.807) is 0 Å². The number of hydrogen-bond acceptors (Lipinski definition) is 4. The van der Waals surface area contributed by atoms with Gasteiger partial charge < -0.3 is 14.9 Å². The maximum Gasteiger partial charge on any atom is 0.302 e. The van der Waals surface area contributed by atoms with Crippen LogP contribution in [0.4, 0.5) is 0 Å². The van der Waals surface area contributed by atoms with Gasteiger partial charge in [0.15, 0.2) is 0 Å². The number of carbonyl (C=O) groups excluding carboxylic acids is 1. The average molecular weight is 463 g/mol. The Morgan fingerprint density at radius 3 is 2.42 bits per heavy atom. The lowest BCUT2D eigenvalue weighted by Gasteiger charge is -2.65. The third kappa shape index (κ3) is 4.20. The number of ether oxygens (including phenoxy) is 1. The van der Waals surface area contributed by atoms with Crippen LogP contribution in [0.3, 0.4) is 0 Å². The molecule has 0 radical (unpaired) electrons. The van der Waals surface area contributed by atoms with Crippen molar-refractivity contribution >= 4 is 5.97 Å². The lowest BCUT2D eigenvalue weighted by Crippen LogP contribution is -2.68. The summed E-state index contributed by atoms with van der Waals surface area (Å²) in [4.78, 5) is 11.5. The highest BCUT2D eigenvalue weighted by atomic mass is 16.5. The maximum absolute atomic E-state index is 11.9. The average Bonchev–Trinajstić information content (AvgIpc) is 3.07. The van der Waals surface area contributed by atoms with Crippen LogP contribution in [0.5, 0.6) is 0 Å². The molecule has 0 heterocycles. The maximum atomic E-state index is 11.9.